The summed E-state index contributed by atoms with van der Waals surface area (Å²) in [6.45, 7) is 8.72. The minimum Gasteiger partial charge on any atom is -0.494 e. The molecule has 0 saturated heterocycles. The molecule has 1 unspecified atom stereocenters. The van der Waals surface area contributed by atoms with Gasteiger partial charge in [0.1, 0.15) is 5.75 Å². The minimum atomic E-state index is -0.0691. The summed E-state index contributed by atoms with van der Waals surface area (Å²) in [6, 6.07) is 6.00. The first kappa shape index (κ1) is 12.1. The number of aryl methyl sites for hydroxylation is 1. The van der Waals surface area contributed by atoms with Crippen LogP contribution in [-0.2, 0) is 6.42 Å². The fourth-order valence-electron chi connectivity index (χ4n) is 1.63. The lowest BCUT2D eigenvalue weighted by Crippen LogP contribution is -2.04. The van der Waals surface area contributed by atoms with Crippen molar-refractivity contribution in [2.24, 2.45) is 0 Å². The highest BCUT2D eigenvalue weighted by Crippen LogP contribution is 2.25. The summed E-state index contributed by atoms with van der Waals surface area (Å²) in [5.41, 5.74) is 2.32. The second-order valence-electron chi connectivity index (χ2n) is 3.53. The number of benzene rings is 1. The number of aliphatic hydroxyl groups excluding tert-OH is 1. The summed E-state index contributed by atoms with van der Waals surface area (Å²) in [4.78, 5) is 0. The van der Waals surface area contributed by atoms with E-state index in [4.69, 9.17) is 9.84 Å². The molecule has 1 N–H and O–H groups in total. The van der Waals surface area contributed by atoms with Crippen molar-refractivity contribution < 1.29 is 9.84 Å². The Morgan fingerprint density at radius 2 is 2.13 bits per heavy atom. The molecule has 0 spiro atoms. The molecule has 0 aliphatic heterocycles. The van der Waals surface area contributed by atoms with Crippen LogP contribution in [0.2, 0.25) is 0 Å². The van der Waals surface area contributed by atoms with Gasteiger partial charge in [0.25, 0.3) is 0 Å². The van der Waals surface area contributed by atoms with E-state index in [9.17, 15) is 0 Å². The summed E-state index contributed by atoms with van der Waals surface area (Å²) in [5, 5.41) is 9.13. The smallest absolute Gasteiger partial charge is 0.119 e. The van der Waals surface area contributed by atoms with E-state index in [0.717, 1.165) is 17.7 Å². The number of rotatable bonds is 5. The topological polar surface area (TPSA) is 29.5 Å². The monoisotopic (exact) mass is 207 g/mol. The lowest BCUT2D eigenvalue weighted by Gasteiger charge is -2.15. The van der Waals surface area contributed by atoms with Gasteiger partial charge in [-0.15, -0.1) is 0 Å². The maximum atomic E-state index is 9.13. The molecule has 0 heterocycles. The Hall–Kier alpha value is -1.02. The standard InChI is InChI=1S/C13H19O2/c1-4-11-6-7-12(15-5-2)8-13(11)10(3)9-14/h6-8,10,14H,3-5,9H2,1-2H3. The van der Waals surface area contributed by atoms with Gasteiger partial charge in [0.2, 0.25) is 0 Å². The van der Waals surface area contributed by atoms with Crippen LogP contribution in [0.1, 0.15) is 30.9 Å². The van der Waals surface area contributed by atoms with Crippen LogP contribution in [0.4, 0.5) is 0 Å². The van der Waals surface area contributed by atoms with Crippen LogP contribution in [0.15, 0.2) is 18.2 Å². The maximum Gasteiger partial charge on any atom is 0.119 e. The Labute approximate surface area is 91.9 Å². The molecule has 0 aliphatic rings. The molecule has 1 rings (SSSR count). The maximum absolute atomic E-state index is 9.13. The molecule has 0 amide bonds. The summed E-state index contributed by atoms with van der Waals surface area (Å²) in [6.07, 6.45) is 0.952. The predicted octanol–water partition coefficient (Wildman–Crippen LogP) is 2.56. The first-order valence-electron chi connectivity index (χ1n) is 5.42. The number of hydrogen-bond acceptors (Lipinski definition) is 2. The molecule has 0 saturated carbocycles. The first-order valence-corrected chi connectivity index (χ1v) is 5.42. The molecular formula is C13H19O2. The summed E-state index contributed by atoms with van der Waals surface area (Å²) in [7, 11) is 0. The predicted molar refractivity (Wildman–Crippen MR) is 62.2 cm³/mol. The van der Waals surface area contributed by atoms with E-state index in [2.05, 4.69) is 13.8 Å². The number of hydrogen-bond donors (Lipinski definition) is 1. The van der Waals surface area contributed by atoms with Crippen LogP contribution in [-0.4, -0.2) is 18.3 Å². The zero-order valence-corrected chi connectivity index (χ0v) is 9.49. The third-order valence-electron chi connectivity index (χ3n) is 2.47. The summed E-state index contributed by atoms with van der Waals surface area (Å²) in [5.74, 6) is 0.784. The zero-order chi connectivity index (χ0) is 11.3. The van der Waals surface area contributed by atoms with Crippen LogP contribution >= 0.6 is 0 Å². The third kappa shape index (κ3) is 2.96. The molecule has 0 aliphatic carbocycles. The van der Waals surface area contributed by atoms with Crippen LogP contribution in [0, 0.1) is 6.92 Å². The molecule has 1 aromatic carbocycles. The molecule has 15 heavy (non-hydrogen) atoms. The average Bonchev–Trinajstić information content (AvgIpc) is 2.28. The Kier molecular flexibility index (Phi) is 4.63. The van der Waals surface area contributed by atoms with E-state index >= 15 is 0 Å². The zero-order valence-electron chi connectivity index (χ0n) is 9.49. The van der Waals surface area contributed by atoms with Gasteiger partial charge in [0.15, 0.2) is 0 Å². The second kappa shape index (κ2) is 5.76. The van der Waals surface area contributed by atoms with Crippen LogP contribution in [0.3, 0.4) is 0 Å². The van der Waals surface area contributed by atoms with Gasteiger partial charge in [-0.05, 0) is 43.5 Å². The summed E-state index contributed by atoms with van der Waals surface area (Å²) < 4.78 is 5.43. The molecule has 2 nitrogen and oxygen atoms in total. The van der Waals surface area contributed by atoms with E-state index in [1.165, 1.54) is 5.56 Å². The number of aliphatic hydroxyl groups is 1. The van der Waals surface area contributed by atoms with Crippen molar-refractivity contribution in [1.29, 1.82) is 0 Å². The number of ether oxygens (including phenoxy) is 1. The highest BCUT2D eigenvalue weighted by atomic mass is 16.5. The highest BCUT2D eigenvalue weighted by molar-refractivity contribution is 5.38. The lowest BCUT2D eigenvalue weighted by atomic mass is 9.94. The van der Waals surface area contributed by atoms with Gasteiger partial charge in [-0.2, -0.15) is 0 Å². The van der Waals surface area contributed by atoms with E-state index in [1.807, 2.05) is 25.1 Å². The quantitative estimate of drug-likeness (QED) is 0.804. The Bertz CT molecular complexity index is 307. The van der Waals surface area contributed by atoms with Crippen LogP contribution in [0.25, 0.3) is 0 Å². The van der Waals surface area contributed by atoms with Crippen LogP contribution in [0.5, 0.6) is 5.75 Å². The molecular weight excluding hydrogens is 188 g/mol. The largest absolute Gasteiger partial charge is 0.494 e. The van der Waals surface area contributed by atoms with Gasteiger partial charge in [-0.25, -0.2) is 0 Å². The highest BCUT2D eigenvalue weighted by Gasteiger charge is 2.10. The minimum absolute atomic E-state index is 0.0691. The second-order valence-corrected chi connectivity index (χ2v) is 3.53. The van der Waals surface area contributed by atoms with Crippen LogP contribution < -0.4 is 4.74 Å². The molecule has 1 atom stereocenters. The van der Waals surface area contributed by atoms with Crippen molar-refractivity contribution in [2.45, 2.75) is 26.2 Å². The average molecular weight is 207 g/mol. The Morgan fingerprint density at radius 3 is 2.67 bits per heavy atom. The molecule has 2 heteroatoms. The summed E-state index contributed by atoms with van der Waals surface area (Å²) >= 11 is 0. The van der Waals surface area contributed by atoms with E-state index in [1.54, 1.807) is 0 Å². The SMILES string of the molecule is [CH2]C(CO)c1cc(OCC)ccc1CC. The molecule has 83 valence electrons. The molecule has 0 bridgehead atoms. The fourth-order valence-corrected chi connectivity index (χ4v) is 1.63. The van der Waals surface area contributed by atoms with Crippen molar-refractivity contribution in [3.63, 3.8) is 0 Å². The Morgan fingerprint density at radius 1 is 1.40 bits per heavy atom. The molecule has 0 fully saturated rings. The first-order chi connectivity index (χ1) is 7.22. The van der Waals surface area contributed by atoms with Gasteiger partial charge in [-0.3, -0.25) is 0 Å². The van der Waals surface area contributed by atoms with Gasteiger partial charge in [0, 0.05) is 12.5 Å². The normalized spacial score (nSPS) is 12.5. The third-order valence-corrected chi connectivity index (χ3v) is 2.47. The van der Waals surface area contributed by atoms with E-state index in [-0.39, 0.29) is 12.5 Å². The Balaban J connectivity index is 3.01. The van der Waals surface area contributed by atoms with E-state index in [0.29, 0.717) is 6.61 Å². The van der Waals surface area contributed by atoms with Crippen molar-refractivity contribution in [3.05, 3.63) is 36.2 Å². The van der Waals surface area contributed by atoms with Gasteiger partial charge < -0.3 is 9.84 Å². The van der Waals surface area contributed by atoms with Crippen molar-refractivity contribution in [2.75, 3.05) is 13.2 Å². The molecule has 0 aromatic heterocycles. The molecule has 1 radical (unpaired) electrons. The van der Waals surface area contributed by atoms with Crippen molar-refractivity contribution >= 4 is 0 Å². The van der Waals surface area contributed by atoms with Crippen molar-refractivity contribution in [3.8, 4) is 5.75 Å². The molecule has 1 aromatic rings. The lowest BCUT2D eigenvalue weighted by molar-refractivity contribution is 0.281. The van der Waals surface area contributed by atoms with Gasteiger partial charge >= 0.3 is 0 Å². The van der Waals surface area contributed by atoms with Gasteiger partial charge in [-0.1, -0.05) is 13.0 Å². The van der Waals surface area contributed by atoms with Crippen molar-refractivity contribution in [1.82, 2.24) is 0 Å². The van der Waals surface area contributed by atoms with Gasteiger partial charge in [0.05, 0.1) is 6.61 Å². The van der Waals surface area contributed by atoms with E-state index < -0.39 is 0 Å². The fraction of sp³-hybridized carbons (Fsp3) is 0.462.